The van der Waals surface area contributed by atoms with E-state index in [0.29, 0.717) is 12.1 Å². The first kappa shape index (κ1) is 14.6. The second-order valence-corrected chi connectivity index (χ2v) is 6.06. The number of aromatic nitrogens is 5. The van der Waals surface area contributed by atoms with Gasteiger partial charge in [-0.2, -0.15) is 0 Å². The molecule has 3 aromatic rings. The van der Waals surface area contributed by atoms with E-state index in [9.17, 15) is 4.79 Å². The largest absolute Gasteiger partial charge is 0.458 e. The molecule has 1 aromatic carbocycles. The third-order valence-corrected chi connectivity index (χ3v) is 4.06. The highest BCUT2D eigenvalue weighted by Gasteiger charge is 2.28. The van der Waals surface area contributed by atoms with Crippen LogP contribution in [0.1, 0.15) is 41.4 Å². The molecule has 0 aliphatic carbocycles. The summed E-state index contributed by atoms with van der Waals surface area (Å²) in [5.41, 5.74) is 4.73. The molecule has 0 fully saturated rings. The van der Waals surface area contributed by atoms with Gasteiger partial charge in [0.25, 0.3) is 0 Å². The predicted molar refractivity (Wildman–Crippen MR) is 86.6 cm³/mol. The van der Waals surface area contributed by atoms with Crippen LogP contribution in [0, 0.1) is 6.92 Å². The van der Waals surface area contributed by atoms with Crippen LogP contribution in [0.25, 0.3) is 11.4 Å². The lowest BCUT2D eigenvalue weighted by Crippen LogP contribution is -2.15. The van der Waals surface area contributed by atoms with E-state index < -0.39 is 5.97 Å². The molecule has 0 saturated heterocycles. The maximum Gasteiger partial charge on any atom is 0.359 e. The molecule has 0 spiro atoms. The molecular weight excluding hydrogens is 306 g/mol. The van der Waals surface area contributed by atoms with Gasteiger partial charge in [-0.3, -0.25) is 4.57 Å². The summed E-state index contributed by atoms with van der Waals surface area (Å²) in [5, 5.41) is 8.45. The average Bonchev–Trinajstić information content (AvgIpc) is 3.09. The average molecular weight is 323 g/mol. The van der Waals surface area contributed by atoms with E-state index in [2.05, 4.69) is 15.3 Å². The highest BCUT2D eigenvalue weighted by atomic mass is 16.5. The minimum atomic E-state index is -0.408. The number of aryl methyl sites for hydroxylation is 1. The SMILES string of the molecule is Cc1nnn2c1Cc1c(C(=O)OC(C)C)ncn1-c1ccccc1-2. The highest BCUT2D eigenvalue weighted by molar-refractivity contribution is 5.89. The van der Waals surface area contributed by atoms with E-state index in [0.717, 1.165) is 28.5 Å². The second-order valence-electron chi connectivity index (χ2n) is 6.06. The zero-order chi connectivity index (χ0) is 16.8. The monoisotopic (exact) mass is 323 g/mol. The van der Waals surface area contributed by atoms with Crippen molar-refractivity contribution in [3.8, 4) is 11.4 Å². The zero-order valence-corrected chi connectivity index (χ0v) is 13.7. The lowest BCUT2D eigenvalue weighted by atomic mass is 10.1. The first-order chi connectivity index (χ1) is 11.6. The lowest BCUT2D eigenvalue weighted by Gasteiger charge is -2.10. The summed E-state index contributed by atoms with van der Waals surface area (Å²) in [6.45, 7) is 5.57. The molecule has 7 nitrogen and oxygen atoms in total. The molecule has 0 unspecified atom stereocenters. The van der Waals surface area contributed by atoms with Gasteiger partial charge in [0.2, 0.25) is 0 Å². The molecule has 0 bridgehead atoms. The molecule has 122 valence electrons. The van der Waals surface area contributed by atoms with Crippen LogP contribution in [0.2, 0.25) is 0 Å². The number of esters is 1. The van der Waals surface area contributed by atoms with Crippen molar-refractivity contribution in [1.29, 1.82) is 0 Å². The highest BCUT2D eigenvalue weighted by Crippen LogP contribution is 2.29. The molecule has 4 rings (SSSR count). The summed E-state index contributed by atoms with van der Waals surface area (Å²) in [6, 6.07) is 7.86. The lowest BCUT2D eigenvalue weighted by molar-refractivity contribution is 0.0370. The molecule has 0 saturated carbocycles. The second kappa shape index (κ2) is 5.30. The first-order valence-electron chi connectivity index (χ1n) is 7.84. The van der Waals surface area contributed by atoms with Gasteiger partial charge in [0.05, 0.1) is 34.6 Å². The molecule has 24 heavy (non-hydrogen) atoms. The Kier molecular flexibility index (Phi) is 3.23. The Morgan fingerprint density at radius 3 is 2.71 bits per heavy atom. The Morgan fingerprint density at radius 2 is 1.96 bits per heavy atom. The molecule has 0 atom stereocenters. The molecule has 0 N–H and O–H groups in total. The molecule has 1 aliphatic rings. The molecule has 0 amide bonds. The molecule has 7 heteroatoms. The summed E-state index contributed by atoms with van der Waals surface area (Å²) in [4.78, 5) is 16.7. The quantitative estimate of drug-likeness (QED) is 0.529. The van der Waals surface area contributed by atoms with Crippen molar-refractivity contribution in [1.82, 2.24) is 24.5 Å². The summed E-state index contributed by atoms with van der Waals surface area (Å²) < 4.78 is 9.10. The number of nitrogens with zero attached hydrogens (tertiary/aromatic N) is 5. The summed E-state index contributed by atoms with van der Waals surface area (Å²) in [7, 11) is 0. The smallest absolute Gasteiger partial charge is 0.359 e. The van der Waals surface area contributed by atoms with Crippen LogP contribution < -0.4 is 0 Å². The number of carbonyl (C=O) groups is 1. The van der Waals surface area contributed by atoms with Crippen molar-refractivity contribution in [2.45, 2.75) is 33.3 Å². The van der Waals surface area contributed by atoms with Crippen LogP contribution in [-0.2, 0) is 11.2 Å². The van der Waals surface area contributed by atoms with E-state index >= 15 is 0 Å². The number of imidazole rings is 1. The van der Waals surface area contributed by atoms with Gasteiger partial charge in [0.15, 0.2) is 5.69 Å². The fourth-order valence-electron chi connectivity index (χ4n) is 2.97. The van der Waals surface area contributed by atoms with E-state index in [1.165, 1.54) is 0 Å². The number of hydrogen-bond acceptors (Lipinski definition) is 5. The Balaban J connectivity index is 1.94. The van der Waals surface area contributed by atoms with Crippen molar-refractivity contribution >= 4 is 5.97 Å². The Hall–Kier alpha value is -2.96. The number of hydrogen-bond donors (Lipinski definition) is 0. The van der Waals surface area contributed by atoms with Gasteiger partial charge < -0.3 is 4.74 Å². The number of rotatable bonds is 2. The van der Waals surface area contributed by atoms with Crippen LogP contribution in [-0.4, -0.2) is 36.6 Å². The van der Waals surface area contributed by atoms with Gasteiger partial charge in [-0.25, -0.2) is 14.5 Å². The van der Waals surface area contributed by atoms with Gasteiger partial charge in [-0.05, 0) is 32.9 Å². The topological polar surface area (TPSA) is 74.8 Å². The fourth-order valence-corrected chi connectivity index (χ4v) is 2.97. The minimum absolute atomic E-state index is 0.193. The van der Waals surface area contributed by atoms with E-state index in [1.807, 2.05) is 54.3 Å². The van der Waals surface area contributed by atoms with Crippen LogP contribution in [0.3, 0.4) is 0 Å². The minimum Gasteiger partial charge on any atom is -0.458 e. The Bertz CT molecular complexity index is 938. The van der Waals surface area contributed by atoms with E-state index in [4.69, 9.17) is 4.74 Å². The number of benzene rings is 1. The van der Waals surface area contributed by atoms with Crippen LogP contribution in [0.15, 0.2) is 30.6 Å². The molecule has 0 radical (unpaired) electrons. The van der Waals surface area contributed by atoms with Gasteiger partial charge in [0, 0.05) is 6.42 Å². The number of ether oxygens (including phenoxy) is 1. The predicted octanol–water partition coefficient (Wildman–Crippen LogP) is 2.23. The number of fused-ring (bicyclic) bond motifs is 5. The number of carbonyl (C=O) groups excluding carboxylic acids is 1. The van der Waals surface area contributed by atoms with Crippen LogP contribution >= 0.6 is 0 Å². The van der Waals surface area contributed by atoms with E-state index in [1.54, 1.807) is 6.33 Å². The van der Waals surface area contributed by atoms with Gasteiger partial charge in [0.1, 0.15) is 6.33 Å². The standard InChI is InChI=1S/C17H17N5O2/c1-10(2)24-17(23)16-15-8-14-11(3)19-20-22(14)13-7-5-4-6-12(13)21(15)9-18-16/h4-7,9-10H,8H2,1-3H3. The van der Waals surface area contributed by atoms with Gasteiger partial charge in [-0.15, -0.1) is 5.10 Å². The van der Waals surface area contributed by atoms with Crippen LogP contribution in [0.4, 0.5) is 0 Å². The maximum atomic E-state index is 12.4. The van der Waals surface area contributed by atoms with E-state index in [-0.39, 0.29) is 6.10 Å². The summed E-state index contributed by atoms with van der Waals surface area (Å²) in [5.74, 6) is -0.408. The summed E-state index contributed by atoms with van der Waals surface area (Å²) >= 11 is 0. The molecule has 2 aromatic heterocycles. The zero-order valence-electron chi connectivity index (χ0n) is 13.7. The van der Waals surface area contributed by atoms with Crippen molar-refractivity contribution in [3.05, 3.63) is 53.4 Å². The fraction of sp³-hybridized carbons (Fsp3) is 0.294. The maximum absolute atomic E-state index is 12.4. The van der Waals surface area contributed by atoms with Crippen LogP contribution in [0.5, 0.6) is 0 Å². The van der Waals surface area contributed by atoms with Crippen molar-refractivity contribution in [3.63, 3.8) is 0 Å². The van der Waals surface area contributed by atoms with Gasteiger partial charge >= 0.3 is 5.97 Å². The summed E-state index contributed by atoms with van der Waals surface area (Å²) in [6.07, 6.45) is 1.98. The third kappa shape index (κ3) is 2.12. The first-order valence-corrected chi connectivity index (χ1v) is 7.84. The van der Waals surface area contributed by atoms with Gasteiger partial charge in [-0.1, -0.05) is 17.3 Å². The van der Waals surface area contributed by atoms with Crippen molar-refractivity contribution < 1.29 is 9.53 Å². The Labute approximate surface area is 138 Å². The third-order valence-electron chi connectivity index (χ3n) is 4.06. The normalized spacial score (nSPS) is 12.3. The number of para-hydroxylation sites is 2. The Morgan fingerprint density at radius 1 is 1.21 bits per heavy atom. The van der Waals surface area contributed by atoms with Crippen molar-refractivity contribution in [2.75, 3.05) is 0 Å². The molecule has 3 heterocycles. The molecular formula is C17H17N5O2. The molecule has 1 aliphatic heterocycles. The van der Waals surface area contributed by atoms with Crippen molar-refractivity contribution in [2.24, 2.45) is 0 Å².